The number of carboxylic acids is 1. The van der Waals surface area contributed by atoms with E-state index in [0.717, 1.165) is 40.3 Å². The molecule has 11 heteroatoms. The molecule has 0 aliphatic carbocycles. The number of hydrogen-bond acceptors (Lipinski definition) is 5. The lowest BCUT2D eigenvalue weighted by atomic mass is 10.0. The van der Waals surface area contributed by atoms with Gasteiger partial charge < -0.3 is 14.4 Å². The summed E-state index contributed by atoms with van der Waals surface area (Å²) >= 11 is 12.5. The van der Waals surface area contributed by atoms with Gasteiger partial charge in [-0.25, -0.2) is 18.2 Å². The molecular weight excluding hydrogens is 681 g/mol. The third kappa shape index (κ3) is 7.87. The van der Waals surface area contributed by atoms with Crippen LogP contribution in [-0.2, 0) is 16.6 Å². The van der Waals surface area contributed by atoms with E-state index in [9.17, 15) is 18.3 Å². The molecule has 6 rings (SSSR count). The highest BCUT2D eigenvalue weighted by atomic mass is 35.5. The molecule has 1 aromatic heterocycles. The molecule has 0 unspecified atom stereocenters. The molecule has 0 atom stereocenters. The first-order chi connectivity index (χ1) is 23.6. The number of aryl methyl sites for hydroxylation is 1. The van der Waals surface area contributed by atoms with Crippen molar-refractivity contribution in [2.24, 2.45) is 0 Å². The smallest absolute Gasteiger partial charge is 0.337 e. The Hall–Kier alpha value is -5.35. The van der Waals surface area contributed by atoms with Crippen LogP contribution in [0.15, 0.2) is 126 Å². The molecule has 0 amide bonds. The lowest BCUT2D eigenvalue weighted by Gasteiger charge is -2.13. The monoisotopic (exact) mass is 709 g/mol. The molecule has 0 radical (unpaired) electrons. The number of nitrogens with zero attached hydrogens (tertiary/aromatic N) is 2. The summed E-state index contributed by atoms with van der Waals surface area (Å²) < 4.78 is 36.1. The summed E-state index contributed by atoms with van der Waals surface area (Å²) in [6.07, 6.45) is 5.95. The van der Waals surface area contributed by atoms with Crippen LogP contribution < -0.4 is 9.46 Å². The van der Waals surface area contributed by atoms with Gasteiger partial charge in [0, 0.05) is 29.4 Å². The first kappa shape index (κ1) is 33.5. The van der Waals surface area contributed by atoms with E-state index in [2.05, 4.69) is 16.2 Å². The second-order valence-corrected chi connectivity index (χ2v) is 13.4. The molecule has 2 N–H and O–H groups in total. The SMILES string of the molecule is CCn1cc(-c2ccc(Cl)cc2Cl)nc1C=Cc1ccc(-c2ccc(Oc3ccc(C(=O)O)c(NS(=O)(=O)c4ccccc4)c3)cc2)cc1. The molecule has 0 aliphatic rings. The van der Waals surface area contributed by atoms with E-state index < -0.39 is 16.0 Å². The Kier molecular flexibility index (Phi) is 9.87. The van der Waals surface area contributed by atoms with Gasteiger partial charge in [-0.15, -0.1) is 0 Å². The minimum Gasteiger partial charge on any atom is -0.478 e. The lowest BCUT2D eigenvalue weighted by molar-refractivity contribution is 0.0698. The highest BCUT2D eigenvalue weighted by molar-refractivity contribution is 7.92. The van der Waals surface area contributed by atoms with Crippen LogP contribution in [0, 0.1) is 0 Å². The van der Waals surface area contributed by atoms with Gasteiger partial charge in [0.2, 0.25) is 0 Å². The molecule has 49 heavy (non-hydrogen) atoms. The van der Waals surface area contributed by atoms with Gasteiger partial charge in [0.05, 0.1) is 26.9 Å². The van der Waals surface area contributed by atoms with Crippen molar-refractivity contribution in [3.05, 3.63) is 148 Å². The number of anilines is 1. The molecule has 0 spiro atoms. The van der Waals surface area contributed by atoms with Crippen LogP contribution in [0.1, 0.15) is 28.7 Å². The van der Waals surface area contributed by atoms with Crippen LogP contribution in [0.3, 0.4) is 0 Å². The number of carboxylic acid groups (broad SMARTS) is 1. The number of hydrogen-bond donors (Lipinski definition) is 2. The van der Waals surface area contributed by atoms with Crippen molar-refractivity contribution < 1.29 is 23.1 Å². The van der Waals surface area contributed by atoms with E-state index in [-0.39, 0.29) is 21.9 Å². The molecule has 0 bridgehead atoms. The molecule has 0 aliphatic heterocycles. The van der Waals surface area contributed by atoms with Crippen LogP contribution in [0.2, 0.25) is 10.0 Å². The normalized spacial score (nSPS) is 11.5. The lowest BCUT2D eigenvalue weighted by Crippen LogP contribution is -2.15. The zero-order valence-electron chi connectivity index (χ0n) is 26.0. The largest absolute Gasteiger partial charge is 0.478 e. The van der Waals surface area contributed by atoms with Crippen molar-refractivity contribution in [1.29, 1.82) is 0 Å². The number of nitrogens with one attached hydrogen (secondary N) is 1. The van der Waals surface area contributed by atoms with E-state index in [4.69, 9.17) is 32.9 Å². The number of rotatable bonds is 11. The van der Waals surface area contributed by atoms with Crippen LogP contribution in [0.4, 0.5) is 5.69 Å². The number of carbonyl (C=O) groups is 1. The molecule has 0 saturated carbocycles. The van der Waals surface area contributed by atoms with Gasteiger partial charge in [-0.2, -0.15) is 0 Å². The Balaban J connectivity index is 1.14. The van der Waals surface area contributed by atoms with Crippen molar-refractivity contribution in [2.45, 2.75) is 18.4 Å². The van der Waals surface area contributed by atoms with Crippen molar-refractivity contribution >= 4 is 57.0 Å². The quantitative estimate of drug-likeness (QED) is 0.139. The summed E-state index contributed by atoms with van der Waals surface area (Å²) in [7, 11) is -4.02. The van der Waals surface area contributed by atoms with Crippen molar-refractivity contribution in [2.75, 3.05) is 4.72 Å². The highest BCUT2D eigenvalue weighted by Gasteiger charge is 2.19. The maximum absolute atomic E-state index is 12.9. The van der Waals surface area contributed by atoms with Gasteiger partial charge in [-0.1, -0.05) is 83.9 Å². The first-order valence-electron chi connectivity index (χ1n) is 15.1. The summed E-state index contributed by atoms with van der Waals surface area (Å²) in [4.78, 5) is 16.6. The standard InChI is InChI=1S/C38H29Cl2N3O5S/c1-2-43-24-36(32-19-15-28(39)22-34(32)40)41-37(43)21-10-25-8-11-26(12-9-25)27-13-16-29(17-14-27)48-30-18-20-33(38(44)45)35(23-30)42-49(46,47)31-6-4-3-5-7-31/h3-24,42H,2H2,1H3,(H,44,45). The number of aromatic nitrogens is 2. The van der Waals surface area contributed by atoms with Crippen LogP contribution >= 0.6 is 23.2 Å². The predicted molar refractivity (Wildman–Crippen MR) is 195 cm³/mol. The number of ether oxygens (including phenoxy) is 1. The van der Waals surface area contributed by atoms with Crippen LogP contribution in [-0.4, -0.2) is 29.0 Å². The molecule has 1 heterocycles. The Morgan fingerprint density at radius 2 is 1.53 bits per heavy atom. The van der Waals surface area contributed by atoms with Crippen molar-refractivity contribution in [3.63, 3.8) is 0 Å². The Labute approximate surface area is 293 Å². The van der Waals surface area contributed by atoms with E-state index in [0.29, 0.717) is 15.8 Å². The number of halogens is 2. The molecular formula is C38H29Cl2N3O5S. The van der Waals surface area contributed by atoms with Gasteiger partial charge in [-0.05, 0) is 84.3 Å². The summed E-state index contributed by atoms with van der Waals surface area (Å²) in [6, 6.07) is 32.7. The number of sulfonamides is 1. The summed E-state index contributed by atoms with van der Waals surface area (Å²) in [5, 5.41) is 10.8. The fourth-order valence-electron chi connectivity index (χ4n) is 5.11. The maximum Gasteiger partial charge on any atom is 0.337 e. The summed E-state index contributed by atoms with van der Waals surface area (Å²) in [5.74, 6) is 0.297. The molecule has 246 valence electrons. The number of aromatic carboxylic acids is 1. The second kappa shape index (κ2) is 14.4. The second-order valence-electron chi connectivity index (χ2n) is 10.9. The minimum atomic E-state index is -4.02. The summed E-state index contributed by atoms with van der Waals surface area (Å²) in [5.41, 5.74) is 4.25. The number of imidazole rings is 1. The Morgan fingerprint density at radius 1 is 0.857 bits per heavy atom. The molecule has 0 saturated heterocycles. The third-order valence-electron chi connectivity index (χ3n) is 7.63. The van der Waals surface area contributed by atoms with E-state index in [1.807, 2.05) is 60.8 Å². The van der Waals surface area contributed by atoms with Gasteiger partial charge in [0.15, 0.2) is 0 Å². The first-order valence-corrected chi connectivity index (χ1v) is 17.4. The van der Waals surface area contributed by atoms with Gasteiger partial charge in [0.25, 0.3) is 10.0 Å². The average molecular weight is 711 g/mol. The average Bonchev–Trinajstić information content (AvgIpc) is 3.51. The van der Waals surface area contributed by atoms with Gasteiger partial charge >= 0.3 is 5.97 Å². The third-order valence-corrected chi connectivity index (χ3v) is 9.56. The highest BCUT2D eigenvalue weighted by Crippen LogP contribution is 2.32. The fraction of sp³-hybridized carbons (Fsp3) is 0.0526. The Bertz CT molecular complexity index is 2270. The maximum atomic E-state index is 12.9. The van der Waals surface area contributed by atoms with Gasteiger partial charge in [0.1, 0.15) is 17.3 Å². The molecule has 8 nitrogen and oxygen atoms in total. The zero-order valence-corrected chi connectivity index (χ0v) is 28.4. The Morgan fingerprint density at radius 3 is 2.18 bits per heavy atom. The molecule has 5 aromatic carbocycles. The summed E-state index contributed by atoms with van der Waals surface area (Å²) in [6.45, 7) is 2.80. The van der Waals surface area contributed by atoms with Crippen molar-refractivity contribution in [3.8, 4) is 33.9 Å². The van der Waals surface area contributed by atoms with Crippen LogP contribution in [0.25, 0.3) is 34.5 Å². The predicted octanol–water partition coefficient (Wildman–Crippen LogP) is 10.0. The van der Waals surface area contributed by atoms with Crippen LogP contribution in [0.5, 0.6) is 11.5 Å². The molecule has 0 fully saturated rings. The van der Waals surface area contributed by atoms with E-state index >= 15 is 0 Å². The minimum absolute atomic E-state index is 0.00976. The van der Waals surface area contributed by atoms with Gasteiger partial charge in [-0.3, -0.25) is 4.72 Å². The molecule has 6 aromatic rings. The van der Waals surface area contributed by atoms with E-state index in [1.165, 1.54) is 30.3 Å². The topological polar surface area (TPSA) is 111 Å². The zero-order chi connectivity index (χ0) is 34.5. The van der Waals surface area contributed by atoms with E-state index in [1.54, 1.807) is 42.5 Å². The fourth-order valence-corrected chi connectivity index (χ4v) is 6.71. The van der Waals surface area contributed by atoms with Crippen molar-refractivity contribution in [1.82, 2.24) is 9.55 Å². The number of benzene rings is 5.